The molecule has 1 aliphatic heterocycles. The number of carbonyl (C=O) groups is 2. The second-order valence-corrected chi connectivity index (χ2v) is 4.42. The van der Waals surface area contributed by atoms with Gasteiger partial charge < -0.3 is 10.2 Å². The molecule has 1 fully saturated rings. The number of carbonyl (C=O) groups excluding carboxylic acids is 2. The fourth-order valence-electron chi connectivity index (χ4n) is 1.55. The van der Waals surface area contributed by atoms with Crippen molar-refractivity contribution in [2.75, 3.05) is 18.8 Å². The molecule has 0 atom stereocenters. The number of amides is 2. The van der Waals surface area contributed by atoms with Crippen molar-refractivity contribution < 1.29 is 9.59 Å². The van der Waals surface area contributed by atoms with Crippen LogP contribution in [-0.4, -0.2) is 35.6 Å². The van der Waals surface area contributed by atoms with Gasteiger partial charge in [-0.15, -0.1) is 0 Å². The van der Waals surface area contributed by atoms with Crippen LogP contribution in [0, 0.1) is 11.3 Å². The maximum Gasteiger partial charge on any atom is 0.237 e. The first kappa shape index (κ1) is 13.6. The van der Waals surface area contributed by atoms with E-state index in [4.69, 9.17) is 5.26 Å². The van der Waals surface area contributed by atoms with Crippen LogP contribution < -0.4 is 5.32 Å². The lowest BCUT2D eigenvalue weighted by atomic mass is 10.2. The minimum absolute atomic E-state index is 0.00357. The molecule has 17 heavy (non-hydrogen) atoms. The lowest BCUT2D eigenvalue weighted by Crippen LogP contribution is -2.26. The van der Waals surface area contributed by atoms with Crippen LogP contribution in [0.3, 0.4) is 0 Å². The molecule has 1 heterocycles. The number of nitrogens with zero attached hydrogens (tertiary/aromatic N) is 2. The molecule has 6 heteroatoms. The van der Waals surface area contributed by atoms with Crippen molar-refractivity contribution in [1.29, 1.82) is 5.26 Å². The third kappa shape index (κ3) is 3.24. The molecule has 1 aliphatic rings. The molecule has 1 rings (SSSR count). The van der Waals surface area contributed by atoms with Gasteiger partial charge in [0.1, 0.15) is 0 Å². The zero-order valence-electron chi connectivity index (χ0n) is 9.95. The van der Waals surface area contributed by atoms with Crippen molar-refractivity contribution in [2.45, 2.75) is 20.3 Å². The summed E-state index contributed by atoms with van der Waals surface area (Å²) in [6.45, 7) is 4.74. The molecular weight excluding hydrogens is 238 g/mol. The Morgan fingerprint density at radius 1 is 1.59 bits per heavy atom. The fourth-order valence-corrected chi connectivity index (χ4v) is 2.65. The molecule has 0 aliphatic carbocycles. The van der Waals surface area contributed by atoms with E-state index in [0.29, 0.717) is 29.4 Å². The summed E-state index contributed by atoms with van der Waals surface area (Å²) in [6.07, 6.45) is 0.0381. The number of thioether (sulfide) groups is 1. The van der Waals surface area contributed by atoms with Gasteiger partial charge in [-0.3, -0.25) is 9.59 Å². The van der Waals surface area contributed by atoms with Crippen molar-refractivity contribution in [1.82, 2.24) is 10.2 Å². The van der Waals surface area contributed by atoms with Gasteiger partial charge in [-0.05, 0) is 13.8 Å². The summed E-state index contributed by atoms with van der Waals surface area (Å²) in [4.78, 5) is 24.5. The van der Waals surface area contributed by atoms with E-state index >= 15 is 0 Å². The summed E-state index contributed by atoms with van der Waals surface area (Å²) < 4.78 is 0. The standard InChI is InChI=1S/C11H15N3O2S/c1-3-13-9(15)5-8(6-12)11-14(4-2)10(16)7-17-11/h3-5,7H2,1-2H3,(H,13,15)/b11-8+. The van der Waals surface area contributed by atoms with Gasteiger partial charge in [0.2, 0.25) is 11.8 Å². The summed E-state index contributed by atoms with van der Waals surface area (Å²) >= 11 is 1.33. The number of nitrogens with one attached hydrogen (secondary N) is 1. The van der Waals surface area contributed by atoms with Crippen molar-refractivity contribution in [2.24, 2.45) is 0 Å². The number of hydrogen-bond donors (Lipinski definition) is 1. The van der Waals surface area contributed by atoms with Gasteiger partial charge in [-0.25, -0.2) is 0 Å². The molecule has 0 radical (unpaired) electrons. The average molecular weight is 253 g/mol. The van der Waals surface area contributed by atoms with Gasteiger partial charge in [-0.1, -0.05) is 11.8 Å². The number of rotatable bonds is 4. The Kier molecular flexibility index (Phi) is 5.04. The van der Waals surface area contributed by atoms with E-state index in [1.54, 1.807) is 4.90 Å². The SMILES string of the molecule is CCNC(=O)C/C(C#N)=C1\SCC(=O)N1CC. The van der Waals surface area contributed by atoms with E-state index in [9.17, 15) is 9.59 Å². The van der Waals surface area contributed by atoms with Crippen LogP contribution in [0.15, 0.2) is 10.6 Å². The zero-order valence-corrected chi connectivity index (χ0v) is 10.8. The first-order valence-electron chi connectivity index (χ1n) is 5.47. The highest BCUT2D eigenvalue weighted by Gasteiger charge is 2.28. The maximum absolute atomic E-state index is 11.5. The second kappa shape index (κ2) is 6.30. The molecular formula is C11H15N3O2S. The quantitative estimate of drug-likeness (QED) is 0.754. The smallest absolute Gasteiger partial charge is 0.237 e. The predicted octanol–water partition coefficient (Wildman–Crippen LogP) is 0.843. The average Bonchev–Trinajstić information content (AvgIpc) is 2.67. The lowest BCUT2D eigenvalue weighted by Gasteiger charge is -2.15. The van der Waals surface area contributed by atoms with Gasteiger partial charge in [0.05, 0.1) is 28.8 Å². The Balaban J connectivity index is 2.88. The summed E-state index contributed by atoms with van der Waals surface area (Å²) in [5, 5.41) is 12.3. The van der Waals surface area contributed by atoms with Crippen LogP contribution in [0.1, 0.15) is 20.3 Å². The van der Waals surface area contributed by atoms with E-state index < -0.39 is 0 Å². The first-order chi connectivity index (χ1) is 8.13. The van der Waals surface area contributed by atoms with Crippen LogP contribution in [-0.2, 0) is 9.59 Å². The molecule has 0 spiro atoms. The fraction of sp³-hybridized carbons (Fsp3) is 0.545. The minimum atomic E-state index is -0.187. The lowest BCUT2D eigenvalue weighted by molar-refractivity contribution is -0.125. The van der Waals surface area contributed by atoms with Crippen molar-refractivity contribution in [3.05, 3.63) is 10.6 Å². The Morgan fingerprint density at radius 2 is 2.29 bits per heavy atom. The summed E-state index contributed by atoms with van der Waals surface area (Å²) in [5.41, 5.74) is 0.369. The second-order valence-electron chi connectivity index (χ2n) is 3.45. The highest BCUT2D eigenvalue weighted by molar-refractivity contribution is 8.04. The van der Waals surface area contributed by atoms with Gasteiger partial charge in [0, 0.05) is 13.1 Å². The predicted molar refractivity (Wildman–Crippen MR) is 65.8 cm³/mol. The minimum Gasteiger partial charge on any atom is -0.356 e. The third-order valence-electron chi connectivity index (χ3n) is 2.30. The van der Waals surface area contributed by atoms with Crippen LogP contribution in [0.5, 0.6) is 0 Å². The molecule has 1 saturated heterocycles. The summed E-state index contributed by atoms with van der Waals surface area (Å²) in [7, 11) is 0. The molecule has 5 nitrogen and oxygen atoms in total. The largest absolute Gasteiger partial charge is 0.356 e. The highest BCUT2D eigenvalue weighted by Crippen LogP contribution is 2.32. The molecule has 92 valence electrons. The Labute approximate surface area is 105 Å². The van der Waals surface area contributed by atoms with Crippen LogP contribution in [0.25, 0.3) is 0 Å². The van der Waals surface area contributed by atoms with Crippen molar-refractivity contribution >= 4 is 23.6 Å². The Morgan fingerprint density at radius 3 is 2.82 bits per heavy atom. The van der Waals surface area contributed by atoms with Crippen LogP contribution in [0.2, 0.25) is 0 Å². The monoisotopic (exact) mass is 253 g/mol. The molecule has 0 aromatic heterocycles. The Bertz CT molecular complexity index is 398. The van der Waals surface area contributed by atoms with E-state index in [2.05, 4.69) is 5.32 Å². The highest BCUT2D eigenvalue weighted by atomic mass is 32.2. The van der Waals surface area contributed by atoms with Crippen LogP contribution >= 0.6 is 11.8 Å². The molecule has 2 amide bonds. The van der Waals surface area contributed by atoms with E-state index in [0.717, 1.165) is 0 Å². The zero-order chi connectivity index (χ0) is 12.8. The van der Waals surface area contributed by atoms with Gasteiger partial charge in [0.25, 0.3) is 0 Å². The van der Waals surface area contributed by atoms with Gasteiger partial charge in [0.15, 0.2) is 0 Å². The summed E-state index contributed by atoms with van der Waals surface area (Å²) in [5.74, 6) is 0.160. The molecule has 0 saturated carbocycles. The molecule has 1 N–H and O–H groups in total. The van der Waals surface area contributed by atoms with E-state index in [1.165, 1.54) is 11.8 Å². The molecule has 0 bridgehead atoms. The van der Waals surface area contributed by atoms with Gasteiger partial charge >= 0.3 is 0 Å². The normalized spacial score (nSPS) is 17.9. The maximum atomic E-state index is 11.5. The van der Waals surface area contributed by atoms with E-state index in [-0.39, 0.29) is 18.2 Å². The van der Waals surface area contributed by atoms with E-state index in [1.807, 2.05) is 19.9 Å². The first-order valence-corrected chi connectivity index (χ1v) is 6.45. The van der Waals surface area contributed by atoms with Crippen molar-refractivity contribution in [3.63, 3.8) is 0 Å². The molecule has 0 aromatic carbocycles. The topological polar surface area (TPSA) is 73.2 Å². The van der Waals surface area contributed by atoms with Crippen LogP contribution in [0.4, 0.5) is 0 Å². The summed E-state index contributed by atoms with van der Waals surface area (Å²) in [6, 6.07) is 2.02. The Hall–Kier alpha value is -1.48. The third-order valence-corrected chi connectivity index (χ3v) is 3.43. The van der Waals surface area contributed by atoms with Crippen molar-refractivity contribution in [3.8, 4) is 6.07 Å². The molecule has 0 unspecified atom stereocenters. The number of nitriles is 1. The number of hydrogen-bond acceptors (Lipinski definition) is 4. The molecule has 0 aromatic rings. The van der Waals surface area contributed by atoms with Gasteiger partial charge in [-0.2, -0.15) is 5.26 Å².